The van der Waals surface area contributed by atoms with E-state index >= 15 is 0 Å². The van der Waals surface area contributed by atoms with Crippen molar-refractivity contribution in [2.24, 2.45) is 0 Å². The second kappa shape index (κ2) is 8.84. The van der Waals surface area contributed by atoms with Crippen molar-refractivity contribution in [2.45, 2.75) is 6.54 Å². The van der Waals surface area contributed by atoms with Gasteiger partial charge in [0.05, 0.1) is 23.0 Å². The third kappa shape index (κ3) is 6.51. The lowest BCUT2D eigenvalue weighted by molar-refractivity contribution is 0.490. The Morgan fingerprint density at radius 3 is 2.42 bits per heavy atom. The molecule has 0 unspecified atom stereocenters. The highest BCUT2D eigenvalue weighted by Crippen LogP contribution is 2.18. The Labute approximate surface area is 159 Å². The van der Waals surface area contributed by atoms with Gasteiger partial charge in [-0.3, -0.25) is 9.35 Å². The summed E-state index contributed by atoms with van der Waals surface area (Å²) < 4.78 is 28.1. The van der Waals surface area contributed by atoms with Crippen LogP contribution >= 0.6 is 15.9 Å². The fourth-order valence-corrected chi connectivity index (χ4v) is 2.57. The number of rotatable bonds is 3. The van der Waals surface area contributed by atoms with Crippen LogP contribution < -0.4 is 5.56 Å². The van der Waals surface area contributed by atoms with Crippen LogP contribution in [0.15, 0.2) is 70.5 Å². The summed E-state index contributed by atoms with van der Waals surface area (Å²) in [6, 6.07) is 13.5. The summed E-state index contributed by atoms with van der Waals surface area (Å²) >= 11 is 3.33. The Kier molecular flexibility index (Phi) is 6.78. The molecule has 3 rings (SSSR count). The molecule has 0 fully saturated rings. The third-order valence-electron chi connectivity index (χ3n) is 3.12. The summed E-state index contributed by atoms with van der Waals surface area (Å²) in [4.78, 5) is 20.4. The summed E-state index contributed by atoms with van der Waals surface area (Å²) in [6.45, 7) is 0.525. The van der Waals surface area contributed by atoms with Crippen LogP contribution in [0.4, 0.5) is 0 Å². The molecule has 0 amide bonds. The van der Waals surface area contributed by atoms with Gasteiger partial charge in [0, 0.05) is 18.0 Å². The first-order valence-corrected chi connectivity index (χ1v) is 10.0. The Morgan fingerprint density at radius 1 is 1.19 bits per heavy atom. The van der Waals surface area contributed by atoms with E-state index in [0.29, 0.717) is 17.3 Å². The molecule has 0 radical (unpaired) electrons. The molecule has 0 aliphatic carbocycles. The summed E-state index contributed by atoms with van der Waals surface area (Å²) in [5.41, 5.74) is 2.68. The standard InChI is InChI=1S/C16H12BrN3O.CH4O3S/c17-14-8-13(15-6-7-18-11-19-15)10-20(16(14)21)9-12-4-2-1-3-5-12;1-5(2,3)4/h1-8,10-11H,9H2;1H3,(H,2,3,4). The number of hydrogen-bond acceptors (Lipinski definition) is 5. The van der Waals surface area contributed by atoms with Gasteiger partial charge in [0.15, 0.2) is 0 Å². The molecule has 9 heteroatoms. The number of benzene rings is 1. The van der Waals surface area contributed by atoms with E-state index in [1.165, 1.54) is 6.33 Å². The average molecular weight is 438 g/mol. The molecule has 0 aliphatic rings. The van der Waals surface area contributed by atoms with Gasteiger partial charge >= 0.3 is 0 Å². The van der Waals surface area contributed by atoms with Crippen molar-refractivity contribution in [2.75, 3.05) is 6.26 Å². The molecule has 1 aromatic carbocycles. The van der Waals surface area contributed by atoms with Crippen LogP contribution in [0.2, 0.25) is 0 Å². The maximum absolute atomic E-state index is 12.2. The molecule has 0 saturated carbocycles. The van der Waals surface area contributed by atoms with E-state index in [9.17, 15) is 13.2 Å². The van der Waals surface area contributed by atoms with Crippen LogP contribution in [-0.2, 0) is 16.7 Å². The van der Waals surface area contributed by atoms with E-state index in [1.807, 2.05) is 42.6 Å². The van der Waals surface area contributed by atoms with Crippen molar-refractivity contribution < 1.29 is 13.0 Å². The number of aromatic nitrogens is 3. The lowest BCUT2D eigenvalue weighted by atomic mass is 10.2. The third-order valence-corrected chi connectivity index (χ3v) is 3.68. The number of hydrogen-bond donors (Lipinski definition) is 1. The van der Waals surface area contributed by atoms with E-state index in [2.05, 4.69) is 25.9 Å². The predicted octanol–water partition coefficient (Wildman–Crippen LogP) is 2.62. The first-order valence-electron chi connectivity index (χ1n) is 7.37. The van der Waals surface area contributed by atoms with Crippen molar-refractivity contribution in [3.8, 4) is 11.3 Å². The van der Waals surface area contributed by atoms with E-state index in [1.54, 1.807) is 16.8 Å². The maximum atomic E-state index is 12.2. The largest absolute Gasteiger partial charge is 0.309 e. The minimum Gasteiger partial charge on any atom is -0.309 e. The number of nitrogens with zero attached hydrogens (tertiary/aromatic N) is 3. The lowest BCUT2D eigenvalue weighted by Crippen LogP contribution is -2.21. The highest BCUT2D eigenvalue weighted by atomic mass is 79.9. The van der Waals surface area contributed by atoms with Crippen molar-refractivity contribution in [3.63, 3.8) is 0 Å². The van der Waals surface area contributed by atoms with Crippen LogP contribution in [-0.4, -0.2) is 33.8 Å². The molecule has 136 valence electrons. The van der Waals surface area contributed by atoms with Crippen molar-refractivity contribution in [1.82, 2.24) is 14.5 Å². The summed E-state index contributed by atoms with van der Waals surface area (Å²) in [6.07, 6.45) is 5.72. The van der Waals surface area contributed by atoms with Gasteiger partial charge in [-0.1, -0.05) is 30.3 Å². The molecule has 1 N–H and O–H groups in total. The number of halogens is 1. The molecule has 26 heavy (non-hydrogen) atoms. The SMILES string of the molecule is CS(=O)(=O)O.O=c1c(Br)cc(-c2ccncn2)cn1Cc1ccccc1. The minimum atomic E-state index is -3.67. The molecule has 2 heterocycles. The molecule has 0 aliphatic heterocycles. The first-order chi connectivity index (χ1) is 12.2. The smallest absolute Gasteiger partial charge is 0.265 e. The van der Waals surface area contributed by atoms with Gasteiger partial charge in [-0.05, 0) is 33.6 Å². The van der Waals surface area contributed by atoms with E-state index in [-0.39, 0.29) is 5.56 Å². The van der Waals surface area contributed by atoms with Gasteiger partial charge in [-0.2, -0.15) is 8.42 Å². The van der Waals surface area contributed by atoms with Crippen LogP contribution in [0.3, 0.4) is 0 Å². The number of pyridine rings is 1. The second-order valence-electron chi connectivity index (χ2n) is 5.32. The van der Waals surface area contributed by atoms with Gasteiger partial charge in [0.2, 0.25) is 0 Å². The lowest BCUT2D eigenvalue weighted by Gasteiger charge is -2.09. The zero-order chi connectivity index (χ0) is 19.2. The predicted molar refractivity (Wildman–Crippen MR) is 102 cm³/mol. The van der Waals surface area contributed by atoms with Crippen LogP contribution in [0.25, 0.3) is 11.3 Å². The summed E-state index contributed by atoms with van der Waals surface area (Å²) in [5, 5.41) is 0. The van der Waals surface area contributed by atoms with Gasteiger partial charge < -0.3 is 4.57 Å². The molecular formula is C17H16BrN3O4S. The molecule has 3 aromatic rings. The molecule has 0 saturated heterocycles. The Hall–Kier alpha value is -2.36. The second-order valence-corrected chi connectivity index (χ2v) is 7.64. The first kappa shape index (κ1) is 20.0. The quantitative estimate of drug-likeness (QED) is 0.631. The zero-order valence-electron chi connectivity index (χ0n) is 13.8. The minimum absolute atomic E-state index is 0.0586. The average Bonchev–Trinajstić information content (AvgIpc) is 2.59. The van der Waals surface area contributed by atoms with Crippen molar-refractivity contribution in [1.29, 1.82) is 0 Å². The maximum Gasteiger partial charge on any atom is 0.265 e. The van der Waals surface area contributed by atoms with Crippen LogP contribution in [0, 0.1) is 0 Å². The molecule has 7 nitrogen and oxygen atoms in total. The molecule has 0 spiro atoms. The highest BCUT2D eigenvalue weighted by Gasteiger charge is 2.07. The molecule has 0 bridgehead atoms. The van der Waals surface area contributed by atoms with Crippen LogP contribution in [0.5, 0.6) is 0 Å². The molecular weight excluding hydrogens is 422 g/mol. The fraction of sp³-hybridized carbons (Fsp3) is 0.118. The topological polar surface area (TPSA) is 102 Å². The van der Waals surface area contributed by atoms with Gasteiger partial charge in [-0.15, -0.1) is 0 Å². The van der Waals surface area contributed by atoms with Crippen molar-refractivity contribution >= 4 is 26.0 Å². The van der Waals surface area contributed by atoms with Crippen molar-refractivity contribution in [3.05, 3.63) is 81.6 Å². The van der Waals surface area contributed by atoms with Gasteiger partial charge in [0.1, 0.15) is 6.33 Å². The monoisotopic (exact) mass is 437 g/mol. The van der Waals surface area contributed by atoms with Gasteiger partial charge in [0.25, 0.3) is 15.7 Å². The molecule has 0 atom stereocenters. The highest BCUT2D eigenvalue weighted by molar-refractivity contribution is 9.10. The summed E-state index contributed by atoms with van der Waals surface area (Å²) in [7, 11) is -3.67. The fourth-order valence-electron chi connectivity index (χ4n) is 2.10. The Balaban J connectivity index is 0.000000431. The Bertz CT molecular complexity index is 1010. The van der Waals surface area contributed by atoms with Crippen LogP contribution in [0.1, 0.15) is 5.56 Å². The van der Waals surface area contributed by atoms with Gasteiger partial charge in [-0.25, -0.2) is 9.97 Å². The van der Waals surface area contributed by atoms with E-state index in [0.717, 1.165) is 16.8 Å². The van der Waals surface area contributed by atoms with E-state index in [4.69, 9.17) is 4.55 Å². The normalized spacial score (nSPS) is 10.7. The Morgan fingerprint density at radius 2 is 1.85 bits per heavy atom. The summed E-state index contributed by atoms with van der Waals surface area (Å²) in [5.74, 6) is 0. The zero-order valence-corrected chi connectivity index (χ0v) is 16.2. The van der Waals surface area contributed by atoms with E-state index < -0.39 is 10.1 Å². The molecule has 2 aromatic heterocycles.